The summed E-state index contributed by atoms with van der Waals surface area (Å²) < 4.78 is 14.1. The smallest absolute Gasteiger partial charge is 0.276 e. The second-order valence-corrected chi connectivity index (χ2v) is 8.98. The molecule has 1 aromatic heterocycles. The Hall–Kier alpha value is -2.96. The highest BCUT2D eigenvalue weighted by Gasteiger charge is 2.51. The molecule has 3 heterocycles. The standard InChI is InChI=1S/C24H26FN3O3/c25-18-8-3-7-16(11-18)22-19-14-27(24(31)21-20(29)9-4-10-26-21)12-17(19)13-28(22)23(30)15-5-1-2-6-15/h3-4,7-11,15,17,19,22,29H,1-2,5-6,12-14H2/t17-,19-,22+/m0/s1. The predicted molar refractivity (Wildman–Crippen MR) is 112 cm³/mol. The summed E-state index contributed by atoms with van der Waals surface area (Å²) in [6.07, 6.45) is 5.49. The molecule has 31 heavy (non-hydrogen) atoms. The lowest BCUT2D eigenvalue weighted by atomic mass is 9.89. The molecule has 2 aromatic rings. The minimum absolute atomic E-state index is 0.0296. The van der Waals surface area contributed by atoms with Crippen LogP contribution in [0.1, 0.15) is 47.8 Å². The van der Waals surface area contributed by atoms with Crippen LogP contribution in [0.2, 0.25) is 0 Å². The predicted octanol–water partition coefficient (Wildman–Crippen LogP) is 3.39. The van der Waals surface area contributed by atoms with Crippen LogP contribution in [0, 0.1) is 23.6 Å². The number of hydrogen-bond acceptors (Lipinski definition) is 4. The van der Waals surface area contributed by atoms with Gasteiger partial charge < -0.3 is 14.9 Å². The average Bonchev–Trinajstić information content (AvgIpc) is 3.49. The van der Waals surface area contributed by atoms with Crippen LogP contribution in [0.4, 0.5) is 4.39 Å². The van der Waals surface area contributed by atoms with E-state index >= 15 is 0 Å². The fourth-order valence-corrected chi connectivity index (χ4v) is 5.67. The first kappa shape index (κ1) is 20.0. The van der Waals surface area contributed by atoms with E-state index in [1.807, 2.05) is 11.0 Å². The molecule has 3 atom stereocenters. The summed E-state index contributed by atoms with van der Waals surface area (Å²) in [5, 5.41) is 10.0. The molecule has 1 aliphatic carbocycles. The largest absolute Gasteiger partial charge is 0.505 e. The third kappa shape index (κ3) is 3.56. The monoisotopic (exact) mass is 423 g/mol. The molecule has 1 aromatic carbocycles. The molecule has 2 amide bonds. The number of pyridine rings is 1. The molecular formula is C24H26FN3O3. The minimum atomic E-state index is -0.321. The van der Waals surface area contributed by atoms with Gasteiger partial charge in [-0.3, -0.25) is 9.59 Å². The van der Waals surface area contributed by atoms with Gasteiger partial charge in [-0.15, -0.1) is 0 Å². The number of hydrogen-bond donors (Lipinski definition) is 1. The van der Waals surface area contributed by atoms with Crippen LogP contribution >= 0.6 is 0 Å². The molecule has 6 nitrogen and oxygen atoms in total. The summed E-state index contributed by atoms with van der Waals surface area (Å²) in [4.78, 5) is 34.0. The van der Waals surface area contributed by atoms with Crippen LogP contribution < -0.4 is 0 Å². The van der Waals surface area contributed by atoms with E-state index in [4.69, 9.17) is 0 Å². The number of aromatic nitrogens is 1. The van der Waals surface area contributed by atoms with Gasteiger partial charge in [0.1, 0.15) is 11.6 Å². The number of halogens is 1. The molecule has 0 unspecified atom stereocenters. The number of aromatic hydroxyl groups is 1. The van der Waals surface area contributed by atoms with Gasteiger partial charge in [0.15, 0.2) is 5.69 Å². The SMILES string of the molecule is O=C(c1ncccc1O)N1C[C@H]2CN(C(=O)C3CCCC3)[C@H](c3cccc(F)c3)[C@H]2C1. The molecule has 2 aliphatic heterocycles. The maximum Gasteiger partial charge on any atom is 0.276 e. The maximum absolute atomic E-state index is 14.1. The van der Waals surface area contributed by atoms with Gasteiger partial charge in [0, 0.05) is 43.6 Å². The van der Waals surface area contributed by atoms with E-state index in [0.29, 0.717) is 19.6 Å². The minimum Gasteiger partial charge on any atom is -0.505 e. The number of rotatable bonds is 3. The zero-order valence-electron chi connectivity index (χ0n) is 17.3. The van der Waals surface area contributed by atoms with Crippen LogP contribution in [0.25, 0.3) is 0 Å². The summed E-state index contributed by atoms with van der Waals surface area (Å²) >= 11 is 0. The van der Waals surface area contributed by atoms with Crippen LogP contribution in [0.5, 0.6) is 5.75 Å². The number of fused-ring (bicyclic) bond motifs is 1. The van der Waals surface area contributed by atoms with Crippen LogP contribution in [-0.4, -0.2) is 51.3 Å². The molecule has 0 spiro atoms. The van der Waals surface area contributed by atoms with Gasteiger partial charge in [-0.1, -0.05) is 25.0 Å². The van der Waals surface area contributed by atoms with Crippen LogP contribution in [0.15, 0.2) is 42.6 Å². The van der Waals surface area contributed by atoms with Crippen molar-refractivity contribution in [2.75, 3.05) is 19.6 Å². The van der Waals surface area contributed by atoms with Gasteiger partial charge in [0.05, 0.1) is 6.04 Å². The normalized spacial score (nSPS) is 25.8. The third-order valence-corrected chi connectivity index (χ3v) is 7.12. The summed E-state index contributed by atoms with van der Waals surface area (Å²) in [6.45, 7) is 1.52. The van der Waals surface area contributed by atoms with Crippen molar-refractivity contribution in [1.29, 1.82) is 0 Å². The Morgan fingerprint density at radius 2 is 1.87 bits per heavy atom. The lowest BCUT2D eigenvalue weighted by Crippen LogP contribution is -2.39. The first-order valence-electron chi connectivity index (χ1n) is 11.0. The summed E-state index contributed by atoms with van der Waals surface area (Å²) in [5.41, 5.74) is 0.831. The first-order chi connectivity index (χ1) is 15.0. The molecule has 1 saturated carbocycles. The molecule has 0 bridgehead atoms. The number of amides is 2. The van der Waals surface area contributed by atoms with E-state index in [2.05, 4.69) is 4.98 Å². The molecule has 162 valence electrons. The Morgan fingerprint density at radius 3 is 2.61 bits per heavy atom. The topological polar surface area (TPSA) is 73.7 Å². The van der Waals surface area contributed by atoms with Gasteiger partial charge >= 0.3 is 0 Å². The first-order valence-corrected chi connectivity index (χ1v) is 11.0. The summed E-state index contributed by atoms with van der Waals surface area (Å²) in [6, 6.07) is 9.26. The lowest BCUT2D eigenvalue weighted by Gasteiger charge is -2.31. The van der Waals surface area contributed by atoms with E-state index < -0.39 is 0 Å². The molecule has 0 radical (unpaired) electrons. The Balaban J connectivity index is 1.43. The zero-order valence-corrected chi connectivity index (χ0v) is 17.3. The van der Waals surface area contributed by atoms with Gasteiger partial charge in [0.2, 0.25) is 5.91 Å². The van der Waals surface area contributed by atoms with Crippen molar-refractivity contribution >= 4 is 11.8 Å². The fraction of sp³-hybridized carbons (Fsp3) is 0.458. The van der Waals surface area contributed by atoms with Crippen LogP contribution in [-0.2, 0) is 4.79 Å². The highest BCUT2D eigenvalue weighted by Crippen LogP contribution is 2.47. The second-order valence-electron chi connectivity index (χ2n) is 8.98. The van der Waals surface area contributed by atoms with Crippen molar-refractivity contribution in [1.82, 2.24) is 14.8 Å². The molecular weight excluding hydrogens is 397 g/mol. The van der Waals surface area contributed by atoms with Crippen molar-refractivity contribution in [3.8, 4) is 5.75 Å². The Kier molecular flexibility index (Phi) is 5.12. The van der Waals surface area contributed by atoms with E-state index in [1.165, 1.54) is 24.4 Å². The zero-order chi connectivity index (χ0) is 21.5. The van der Waals surface area contributed by atoms with Crippen molar-refractivity contribution in [2.24, 2.45) is 17.8 Å². The van der Waals surface area contributed by atoms with Crippen molar-refractivity contribution < 1.29 is 19.1 Å². The Morgan fingerprint density at radius 1 is 1.06 bits per heavy atom. The van der Waals surface area contributed by atoms with E-state index in [9.17, 15) is 19.1 Å². The summed E-state index contributed by atoms with van der Waals surface area (Å²) in [7, 11) is 0. The maximum atomic E-state index is 14.1. The molecule has 1 N–H and O–H groups in total. The molecule has 2 saturated heterocycles. The van der Waals surface area contributed by atoms with Gasteiger partial charge in [-0.2, -0.15) is 0 Å². The molecule has 5 rings (SSSR count). The Labute approximate surface area is 180 Å². The average molecular weight is 423 g/mol. The van der Waals surface area contributed by atoms with Crippen molar-refractivity contribution in [3.63, 3.8) is 0 Å². The third-order valence-electron chi connectivity index (χ3n) is 7.12. The fourth-order valence-electron chi connectivity index (χ4n) is 5.67. The quantitative estimate of drug-likeness (QED) is 0.821. The van der Waals surface area contributed by atoms with Gasteiger partial charge in [0.25, 0.3) is 5.91 Å². The molecule has 7 heteroatoms. The second kappa shape index (κ2) is 7.94. The number of carbonyl (C=O) groups excluding carboxylic acids is 2. The number of carbonyl (C=O) groups is 2. The number of nitrogens with zero attached hydrogens (tertiary/aromatic N) is 3. The lowest BCUT2D eigenvalue weighted by molar-refractivity contribution is -0.136. The Bertz CT molecular complexity index is 1010. The highest BCUT2D eigenvalue weighted by atomic mass is 19.1. The van der Waals surface area contributed by atoms with Crippen molar-refractivity contribution in [2.45, 2.75) is 31.7 Å². The van der Waals surface area contributed by atoms with E-state index in [-0.39, 0.29) is 52.9 Å². The van der Waals surface area contributed by atoms with Crippen LogP contribution in [0.3, 0.4) is 0 Å². The van der Waals surface area contributed by atoms with E-state index in [0.717, 1.165) is 31.2 Å². The molecule has 3 aliphatic rings. The van der Waals surface area contributed by atoms with Gasteiger partial charge in [-0.25, -0.2) is 9.37 Å². The highest BCUT2D eigenvalue weighted by molar-refractivity contribution is 5.95. The molecule has 3 fully saturated rings. The van der Waals surface area contributed by atoms with Crippen molar-refractivity contribution in [3.05, 3.63) is 59.7 Å². The number of likely N-dealkylation sites (tertiary alicyclic amines) is 2. The van der Waals surface area contributed by atoms with Gasteiger partial charge in [-0.05, 0) is 42.7 Å². The van der Waals surface area contributed by atoms with E-state index in [1.54, 1.807) is 17.0 Å². The summed E-state index contributed by atoms with van der Waals surface area (Å²) in [5.74, 6) is -0.392. The number of benzene rings is 1.